The highest BCUT2D eigenvalue weighted by atomic mass is 16.7. The van der Waals surface area contributed by atoms with Crippen LogP contribution < -0.4 is 5.32 Å². The van der Waals surface area contributed by atoms with Crippen LogP contribution >= 0.6 is 0 Å². The third kappa shape index (κ3) is 48.3. The molecule has 1 fully saturated rings. The van der Waals surface area contributed by atoms with Gasteiger partial charge in [0.25, 0.3) is 0 Å². The number of allylic oxidation sites excluding steroid dienone is 8. The third-order valence-corrected chi connectivity index (χ3v) is 16.4. The highest BCUT2D eigenvalue weighted by Gasteiger charge is 2.44. The van der Waals surface area contributed by atoms with Crippen LogP contribution in [0.4, 0.5) is 0 Å². The summed E-state index contributed by atoms with van der Waals surface area (Å²) in [5, 5.41) is 54.9. The topological polar surface area (TPSA) is 149 Å². The van der Waals surface area contributed by atoms with Gasteiger partial charge in [0.05, 0.1) is 25.4 Å². The van der Waals surface area contributed by atoms with Gasteiger partial charge in [-0.1, -0.05) is 326 Å². The van der Waals surface area contributed by atoms with Crippen molar-refractivity contribution in [2.24, 2.45) is 0 Å². The van der Waals surface area contributed by atoms with E-state index >= 15 is 0 Å². The Kier molecular flexibility index (Phi) is 56.4. The summed E-state index contributed by atoms with van der Waals surface area (Å²) in [5.41, 5.74) is 0. The van der Waals surface area contributed by atoms with Crippen LogP contribution in [-0.4, -0.2) is 87.5 Å². The number of carbonyl (C=O) groups excluding carboxylic acids is 1. The smallest absolute Gasteiger partial charge is 0.220 e. The van der Waals surface area contributed by atoms with Crippen LogP contribution in [0.15, 0.2) is 48.6 Å². The van der Waals surface area contributed by atoms with Crippen LogP contribution in [0.3, 0.4) is 0 Å². The Morgan fingerprint density at radius 3 is 1.16 bits per heavy atom. The van der Waals surface area contributed by atoms with Gasteiger partial charge < -0.3 is 40.3 Å². The van der Waals surface area contributed by atoms with E-state index in [9.17, 15) is 30.3 Å². The molecule has 464 valence electrons. The second-order valence-electron chi connectivity index (χ2n) is 23.9. The molecule has 7 unspecified atom stereocenters. The molecule has 0 spiro atoms. The number of hydrogen-bond acceptors (Lipinski definition) is 8. The Morgan fingerprint density at radius 2 is 0.785 bits per heavy atom. The molecule has 0 bridgehead atoms. The molecule has 9 nitrogen and oxygen atoms in total. The lowest BCUT2D eigenvalue weighted by molar-refractivity contribution is -0.302. The van der Waals surface area contributed by atoms with Gasteiger partial charge in [0, 0.05) is 6.42 Å². The zero-order valence-electron chi connectivity index (χ0n) is 51.9. The molecule has 7 atom stereocenters. The summed E-state index contributed by atoms with van der Waals surface area (Å²) in [6, 6.07) is -0.721. The maximum atomic E-state index is 13.1. The molecular formula is C70H131NO8. The Bertz CT molecular complexity index is 1380. The molecule has 0 saturated carbocycles. The highest BCUT2D eigenvalue weighted by molar-refractivity contribution is 5.76. The molecule has 1 rings (SSSR count). The zero-order chi connectivity index (χ0) is 57.2. The molecular weight excluding hydrogens is 983 g/mol. The fourth-order valence-electron chi connectivity index (χ4n) is 11.1. The minimum Gasteiger partial charge on any atom is -0.394 e. The quantitative estimate of drug-likeness (QED) is 0.0261. The number of carbonyl (C=O) groups is 1. The highest BCUT2D eigenvalue weighted by Crippen LogP contribution is 2.24. The van der Waals surface area contributed by atoms with E-state index in [4.69, 9.17) is 9.47 Å². The summed E-state index contributed by atoms with van der Waals surface area (Å²) in [5.74, 6) is -0.139. The first-order valence-corrected chi connectivity index (χ1v) is 34.3. The predicted octanol–water partition coefficient (Wildman–Crippen LogP) is 18.4. The average Bonchev–Trinajstić information content (AvgIpc) is 3.47. The molecule has 1 saturated heterocycles. The van der Waals surface area contributed by atoms with Crippen LogP contribution in [0, 0.1) is 0 Å². The van der Waals surface area contributed by atoms with Crippen LogP contribution in [0.1, 0.15) is 335 Å². The van der Waals surface area contributed by atoms with Gasteiger partial charge in [0.15, 0.2) is 6.29 Å². The van der Waals surface area contributed by atoms with Crippen LogP contribution in [-0.2, 0) is 14.3 Å². The molecule has 0 aromatic carbocycles. The average molecular weight is 1110 g/mol. The van der Waals surface area contributed by atoms with E-state index in [-0.39, 0.29) is 12.5 Å². The van der Waals surface area contributed by atoms with Crippen molar-refractivity contribution < 1.29 is 39.8 Å². The lowest BCUT2D eigenvalue weighted by Crippen LogP contribution is -2.60. The van der Waals surface area contributed by atoms with Crippen molar-refractivity contribution in [3.8, 4) is 0 Å². The van der Waals surface area contributed by atoms with E-state index in [1.165, 1.54) is 244 Å². The van der Waals surface area contributed by atoms with E-state index in [0.29, 0.717) is 12.8 Å². The minimum absolute atomic E-state index is 0.136. The van der Waals surface area contributed by atoms with Crippen molar-refractivity contribution in [3.63, 3.8) is 0 Å². The van der Waals surface area contributed by atoms with Crippen LogP contribution in [0.5, 0.6) is 0 Å². The summed E-state index contributed by atoms with van der Waals surface area (Å²) in [6.07, 6.45) is 73.1. The van der Waals surface area contributed by atoms with Gasteiger partial charge in [0.2, 0.25) is 5.91 Å². The molecule has 1 aliphatic rings. The number of unbranched alkanes of at least 4 members (excludes halogenated alkanes) is 42. The first kappa shape index (κ1) is 75.2. The molecule has 9 heteroatoms. The lowest BCUT2D eigenvalue weighted by atomic mass is 9.99. The van der Waals surface area contributed by atoms with Crippen molar-refractivity contribution in [2.45, 2.75) is 378 Å². The van der Waals surface area contributed by atoms with Crippen molar-refractivity contribution in [2.75, 3.05) is 13.2 Å². The SMILES string of the molecule is CC/C=C\C/C=C\C/C=C\C/C=C\CCCCCCCCCCCCCCCCCCC(=O)NC(COC1OC(CO)C(O)C(O)C1O)C(O)CCCCCCCCCCCCCCCCCCCCCCCCCCCCC. The molecule has 0 aromatic heterocycles. The van der Waals surface area contributed by atoms with E-state index in [1.54, 1.807) is 0 Å². The summed E-state index contributed by atoms with van der Waals surface area (Å²) in [7, 11) is 0. The number of nitrogens with one attached hydrogen (secondary N) is 1. The summed E-state index contributed by atoms with van der Waals surface area (Å²) >= 11 is 0. The number of ether oxygens (including phenoxy) is 2. The van der Waals surface area contributed by atoms with Gasteiger partial charge in [-0.05, 0) is 51.4 Å². The van der Waals surface area contributed by atoms with Gasteiger partial charge in [-0.25, -0.2) is 0 Å². The maximum absolute atomic E-state index is 13.1. The summed E-state index contributed by atoms with van der Waals surface area (Å²) in [4.78, 5) is 13.1. The molecule has 0 aromatic rings. The third-order valence-electron chi connectivity index (χ3n) is 16.4. The number of aliphatic hydroxyl groups is 5. The van der Waals surface area contributed by atoms with Crippen molar-refractivity contribution >= 4 is 5.91 Å². The van der Waals surface area contributed by atoms with Gasteiger partial charge >= 0.3 is 0 Å². The number of amides is 1. The van der Waals surface area contributed by atoms with Crippen LogP contribution in [0.25, 0.3) is 0 Å². The zero-order valence-corrected chi connectivity index (χ0v) is 51.9. The maximum Gasteiger partial charge on any atom is 0.220 e. The molecule has 6 N–H and O–H groups in total. The standard InChI is InChI=1S/C70H131NO8/c1-3-5-7-9-11-13-15-17-19-21-23-25-27-29-31-32-34-36-38-40-42-44-46-48-50-52-54-56-58-60-66(74)71-63(62-78-70-69(77)68(76)67(75)65(61-72)79-70)64(73)59-57-55-53-51-49-47-45-43-41-39-37-35-33-30-28-26-24-22-20-18-16-14-12-10-8-6-4-2/h5,7,11,13,17,19,23,25,63-65,67-70,72-73,75-77H,3-4,6,8-10,12,14-16,18,20-22,24,26-62H2,1-2H3,(H,71,74)/b7-5-,13-11-,19-17-,25-23-. The number of hydrogen-bond donors (Lipinski definition) is 6. The Morgan fingerprint density at radius 1 is 0.443 bits per heavy atom. The largest absolute Gasteiger partial charge is 0.394 e. The van der Waals surface area contributed by atoms with E-state index in [2.05, 4.69) is 67.8 Å². The fraction of sp³-hybridized carbons (Fsp3) is 0.871. The Labute approximate surface area is 488 Å². The van der Waals surface area contributed by atoms with Gasteiger partial charge in [0.1, 0.15) is 24.4 Å². The van der Waals surface area contributed by atoms with Gasteiger partial charge in [-0.3, -0.25) is 4.79 Å². The van der Waals surface area contributed by atoms with E-state index in [1.807, 2.05) is 0 Å². The summed E-state index contributed by atoms with van der Waals surface area (Å²) < 4.78 is 11.4. The Hall–Kier alpha value is -1.85. The lowest BCUT2D eigenvalue weighted by Gasteiger charge is -2.40. The van der Waals surface area contributed by atoms with Crippen molar-refractivity contribution in [1.82, 2.24) is 5.32 Å². The van der Waals surface area contributed by atoms with E-state index in [0.717, 1.165) is 64.2 Å². The van der Waals surface area contributed by atoms with Gasteiger partial charge in [-0.2, -0.15) is 0 Å². The molecule has 79 heavy (non-hydrogen) atoms. The molecule has 1 aliphatic heterocycles. The second-order valence-corrected chi connectivity index (χ2v) is 23.9. The van der Waals surface area contributed by atoms with Crippen LogP contribution in [0.2, 0.25) is 0 Å². The normalized spacial score (nSPS) is 18.8. The predicted molar refractivity (Wildman–Crippen MR) is 336 cm³/mol. The summed E-state index contributed by atoms with van der Waals surface area (Å²) in [6.45, 7) is 3.77. The first-order chi connectivity index (χ1) is 38.8. The molecule has 1 amide bonds. The molecule has 1 heterocycles. The van der Waals surface area contributed by atoms with E-state index < -0.39 is 49.5 Å². The molecule has 0 aliphatic carbocycles. The monoisotopic (exact) mass is 1110 g/mol. The van der Waals surface area contributed by atoms with Crippen molar-refractivity contribution in [3.05, 3.63) is 48.6 Å². The fourth-order valence-corrected chi connectivity index (χ4v) is 11.1. The minimum atomic E-state index is -1.55. The molecule has 0 radical (unpaired) electrons. The van der Waals surface area contributed by atoms with Crippen molar-refractivity contribution in [1.29, 1.82) is 0 Å². The number of rotatable bonds is 60. The Balaban J connectivity index is 2.12. The second kappa shape index (κ2) is 59.3. The number of aliphatic hydroxyl groups excluding tert-OH is 5. The first-order valence-electron chi connectivity index (χ1n) is 34.3. The van der Waals surface area contributed by atoms with Gasteiger partial charge in [-0.15, -0.1) is 0 Å².